The van der Waals surface area contributed by atoms with E-state index >= 15 is 0 Å². The number of ether oxygens (including phenoxy) is 1. The summed E-state index contributed by atoms with van der Waals surface area (Å²) >= 11 is 0. The van der Waals surface area contributed by atoms with Gasteiger partial charge >= 0.3 is 6.09 Å². The largest absolute Gasteiger partial charge is 0.445 e. The van der Waals surface area contributed by atoms with Crippen molar-refractivity contribution in [2.24, 2.45) is 0 Å². The molecule has 0 saturated heterocycles. The molecule has 9 nitrogen and oxygen atoms in total. The predicted molar refractivity (Wildman–Crippen MR) is 94.1 cm³/mol. The van der Waals surface area contributed by atoms with Crippen LogP contribution >= 0.6 is 0 Å². The molecule has 2 aromatic rings. The number of aldehydes is 1. The summed E-state index contributed by atoms with van der Waals surface area (Å²) in [6, 6.07) is 12.4. The number of carbonyl (C=O) groups is 2. The number of nitrogens with one attached hydrogen (secondary N) is 1. The lowest BCUT2D eigenvalue weighted by Crippen LogP contribution is -2.36. The van der Waals surface area contributed by atoms with Crippen LogP contribution in [0.1, 0.15) is 27.6 Å². The summed E-state index contributed by atoms with van der Waals surface area (Å²) in [5, 5.41) is 33.6. The Kier molecular flexibility index (Phi) is 6.98. The normalized spacial score (nSPS) is 12.7. The van der Waals surface area contributed by atoms with Crippen LogP contribution in [0.4, 0.5) is 10.5 Å². The molecule has 3 N–H and O–H groups in total. The molecule has 142 valence electrons. The quantitative estimate of drug-likeness (QED) is 0.363. The number of rotatable bonds is 8. The van der Waals surface area contributed by atoms with Crippen LogP contribution in [0.3, 0.4) is 0 Å². The van der Waals surface area contributed by atoms with Crippen LogP contribution in [0.5, 0.6) is 0 Å². The topological polar surface area (TPSA) is 139 Å². The number of carbonyl (C=O) groups excluding carboxylic acids is 2. The van der Waals surface area contributed by atoms with Crippen molar-refractivity contribution in [1.29, 1.82) is 0 Å². The highest BCUT2D eigenvalue weighted by molar-refractivity contribution is 5.76. The fourth-order valence-electron chi connectivity index (χ4n) is 2.32. The van der Waals surface area contributed by atoms with Gasteiger partial charge in [0.25, 0.3) is 5.69 Å². The van der Waals surface area contributed by atoms with Gasteiger partial charge in [0.1, 0.15) is 25.1 Å². The summed E-state index contributed by atoms with van der Waals surface area (Å²) in [4.78, 5) is 32.8. The molecule has 0 heterocycles. The summed E-state index contributed by atoms with van der Waals surface area (Å²) in [5.74, 6) is 0. The Morgan fingerprint density at radius 3 is 2.56 bits per heavy atom. The number of benzene rings is 2. The molecule has 0 aromatic heterocycles. The van der Waals surface area contributed by atoms with Crippen molar-refractivity contribution >= 4 is 18.1 Å². The zero-order valence-corrected chi connectivity index (χ0v) is 14.1. The molecular weight excluding hydrogens is 356 g/mol. The first-order chi connectivity index (χ1) is 12.9. The number of nitrogens with zero attached hydrogens (tertiary/aromatic N) is 1. The molecule has 0 saturated carbocycles. The Hall–Kier alpha value is -3.30. The van der Waals surface area contributed by atoms with Crippen LogP contribution in [0.25, 0.3) is 0 Å². The first-order valence-corrected chi connectivity index (χ1v) is 7.96. The van der Waals surface area contributed by atoms with Crippen molar-refractivity contribution in [1.82, 2.24) is 5.32 Å². The average Bonchev–Trinajstić information content (AvgIpc) is 2.70. The Bertz CT molecular complexity index is 811. The number of aliphatic hydroxyl groups is 2. The van der Waals surface area contributed by atoms with E-state index in [1.807, 2.05) is 6.07 Å². The van der Waals surface area contributed by atoms with Gasteiger partial charge in [-0.25, -0.2) is 4.79 Å². The molecule has 9 heteroatoms. The molecule has 2 rings (SSSR count). The summed E-state index contributed by atoms with van der Waals surface area (Å²) < 4.78 is 4.97. The lowest BCUT2D eigenvalue weighted by atomic mass is 10.0. The summed E-state index contributed by atoms with van der Waals surface area (Å²) in [6.07, 6.45) is -3.53. The Labute approximate surface area is 154 Å². The first kappa shape index (κ1) is 20.0. The fraction of sp³-hybridized carbons (Fsp3) is 0.222. The highest BCUT2D eigenvalue weighted by Crippen LogP contribution is 2.28. The molecule has 27 heavy (non-hydrogen) atoms. The molecule has 2 aromatic carbocycles. The number of hydrogen-bond donors (Lipinski definition) is 3. The summed E-state index contributed by atoms with van der Waals surface area (Å²) in [6.45, 7) is -0.356. The number of alkyl carbamates (subject to hydrolysis) is 1. The van der Waals surface area contributed by atoms with E-state index in [1.54, 1.807) is 24.3 Å². The minimum atomic E-state index is -1.64. The van der Waals surface area contributed by atoms with E-state index in [0.29, 0.717) is 6.29 Å². The zero-order valence-electron chi connectivity index (χ0n) is 14.1. The van der Waals surface area contributed by atoms with Crippen molar-refractivity contribution in [3.63, 3.8) is 0 Å². The van der Waals surface area contributed by atoms with E-state index in [1.165, 1.54) is 12.1 Å². The third-order valence-electron chi connectivity index (χ3n) is 3.74. The van der Waals surface area contributed by atoms with Gasteiger partial charge in [0.15, 0.2) is 0 Å². The lowest BCUT2D eigenvalue weighted by Gasteiger charge is -2.18. The van der Waals surface area contributed by atoms with Crippen molar-refractivity contribution in [2.45, 2.75) is 18.8 Å². The molecule has 0 radical (unpaired) electrons. The fourth-order valence-corrected chi connectivity index (χ4v) is 2.32. The zero-order chi connectivity index (χ0) is 19.8. The van der Waals surface area contributed by atoms with Crippen LogP contribution < -0.4 is 5.32 Å². The Morgan fingerprint density at radius 1 is 1.22 bits per heavy atom. The van der Waals surface area contributed by atoms with E-state index in [2.05, 4.69) is 5.32 Å². The predicted octanol–water partition coefficient (Wildman–Crippen LogP) is 1.73. The van der Waals surface area contributed by atoms with Gasteiger partial charge in [0.05, 0.1) is 10.5 Å². The Balaban J connectivity index is 1.93. The number of hydrogen-bond acceptors (Lipinski definition) is 7. The average molecular weight is 374 g/mol. The number of nitro groups is 1. The minimum absolute atomic E-state index is 0.0317. The van der Waals surface area contributed by atoms with E-state index in [-0.39, 0.29) is 24.3 Å². The summed E-state index contributed by atoms with van der Waals surface area (Å²) in [7, 11) is 0. The van der Waals surface area contributed by atoms with Crippen LogP contribution in [0, 0.1) is 10.1 Å². The third kappa shape index (κ3) is 5.59. The van der Waals surface area contributed by atoms with Crippen molar-refractivity contribution in [2.75, 3.05) is 6.54 Å². The highest BCUT2D eigenvalue weighted by atomic mass is 16.6. The maximum atomic E-state index is 11.7. The molecular formula is C18H18N2O7. The van der Waals surface area contributed by atoms with Crippen LogP contribution in [-0.4, -0.2) is 40.2 Å². The van der Waals surface area contributed by atoms with Gasteiger partial charge in [-0.3, -0.25) is 14.9 Å². The van der Waals surface area contributed by atoms with Crippen LogP contribution in [0.2, 0.25) is 0 Å². The third-order valence-corrected chi connectivity index (χ3v) is 3.74. The van der Waals surface area contributed by atoms with E-state index in [9.17, 15) is 29.9 Å². The van der Waals surface area contributed by atoms with E-state index in [4.69, 9.17) is 4.74 Å². The van der Waals surface area contributed by atoms with Gasteiger partial charge in [-0.15, -0.1) is 0 Å². The molecule has 0 bridgehead atoms. The standard InChI is InChI=1S/C18H18N2O7/c21-10-13-6-7-14(15(8-13)20(25)26)17(23)16(22)9-19-18(24)27-11-12-4-2-1-3-5-12/h1-8,10,16-17,22-23H,9,11H2,(H,19,24). The highest BCUT2D eigenvalue weighted by Gasteiger charge is 2.27. The summed E-state index contributed by atoms with van der Waals surface area (Å²) in [5.41, 5.74) is 0.171. The van der Waals surface area contributed by atoms with E-state index < -0.39 is 28.9 Å². The number of nitro benzene ring substituents is 1. The molecule has 0 aliphatic heterocycles. The van der Waals surface area contributed by atoms with Crippen LogP contribution in [0.15, 0.2) is 48.5 Å². The van der Waals surface area contributed by atoms with Gasteiger partial charge in [-0.1, -0.05) is 36.4 Å². The number of amides is 1. The first-order valence-electron chi connectivity index (χ1n) is 7.96. The smallest absolute Gasteiger partial charge is 0.407 e. The van der Waals surface area contributed by atoms with Crippen molar-refractivity contribution in [3.8, 4) is 0 Å². The minimum Gasteiger partial charge on any atom is -0.445 e. The Morgan fingerprint density at radius 2 is 1.93 bits per heavy atom. The van der Waals surface area contributed by atoms with Crippen molar-refractivity contribution < 1.29 is 29.5 Å². The van der Waals surface area contributed by atoms with Gasteiger partial charge in [0.2, 0.25) is 0 Å². The van der Waals surface area contributed by atoms with Gasteiger partial charge in [-0.05, 0) is 11.6 Å². The molecule has 0 aliphatic rings. The molecule has 0 aliphatic carbocycles. The van der Waals surface area contributed by atoms with Crippen molar-refractivity contribution in [3.05, 3.63) is 75.3 Å². The molecule has 2 atom stereocenters. The van der Waals surface area contributed by atoms with Gasteiger partial charge in [0, 0.05) is 18.2 Å². The second-order valence-electron chi connectivity index (χ2n) is 5.65. The second kappa shape index (κ2) is 9.41. The lowest BCUT2D eigenvalue weighted by molar-refractivity contribution is -0.386. The molecule has 1 amide bonds. The second-order valence-corrected chi connectivity index (χ2v) is 5.65. The van der Waals surface area contributed by atoms with Crippen LogP contribution in [-0.2, 0) is 11.3 Å². The van der Waals surface area contributed by atoms with Gasteiger partial charge in [-0.2, -0.15) is 0 Å². The SMILES string of the molecule is O=Cc1ccc(C(O)C(O)CNC(=O)OCc2ccccc2)c([N+](=O)[O-])c1. The monoisotopic (exact) mass is 374 g/mol. The number of aliphatic hydroxyl groups excluding tert-OH is 2. The molecule has 0 spiro atoms. The maximum absolute atomic E-state index is 11.7. The van der Waals surface area contributed by atoms with Gasteiger partial charge < -0.3 is 20.3 Å². The van der Waals surface area contributed by atoms with E-state index in [0.717, 1.165) is 11.6 Å². The molecule has 0 fully saturated rings. The molecule has 2 unspecified atom stereocenters. The maximum Gasteiger partial charge on any atom is 0.407 e.